The molecule has 0 aliphatic carbocycles. The molecule has 2 rings (SSSR count). The van der Waals surface area contributed by atoms with Crippen LogP contribution in [0.25, 0.3) is 0 Å². The molecule has 0 fully saturated rings. The number of hydrogen-bond donors (Lipinski definition) is 2. The van der Waals surface area contributed by atoms with Crippen molar-refractivity contribution >= 4 is 17.1 Å². The molecule has 0 heterocycles. The van der Waals surface area contributed by atoms with Gasteiger partial charge in [0.2, 0.25) is 0 Å². The van der Waals surface area contributed by atoms with Crippen molar-refractivity contribution in [1.29, 1.82) is 0 Å². The second kappa shape index (κ2) is 4.27. The van der Waals surface area contributed by atoms with E-state index in [9.17, 15) is 0 Å². The Labute approximate surface area is 96.1 Å². The first-order valence-electron chi connectivity index (χ1n) is 5.35. The Morgan fingerprint density at radius 2 is 1.56 bits per heavy atom. The van der Waals surface area contributed by atoms with Crippen LogP contribution in [0.3, 0.4) is 0 Å². The van der Waals surface area contributed by atoms with E-state index in [-0.39, 0.29) is 0 Å². The molecular formula is C14H16N2. The summed E-state index contributed by atoms with van der Waals surface area (Å²) in [5.74, 6) is 0. The van der Waals surface area contributed by atoms with Gasteiger partial charge in [-0.15, -0.1) is 0 Å². The molecule has 82 valence electrons. The maximum atomic E-state index is 5.98. The molecule has 2 nitrogen and oxygen atoms in total. The van der Waals surface area contributed by atoms with Crippen molar-refractivity contribution in [2.45, 2.75) is 13.8 Å². The number of benzene rings is 2. The van der Waals surface area contributed by atoms with E-state index < -0.39 is 0 Å². The maximum absolute atomic E-state index is 5.98. The van der Waals surface area contributed by atoms with Gasteiger partial charge in [0.05, 0.1) is 11.4 Å². The normalized spacial score (nSPS) is 10.1. The topological polar surface area (TPSA) is 38.0 Å². The summed E-state index contributed by atoms with van der Waals surface area (Å²) in [4.78, 5) is 0. The highest BCUT2D eigenvalue weighted by atomic mass is 14.9. The highest BCUT2D eigenvalue weighted by Gasteiger charge is 2.02. The van der Waals surface area contributed by atoms with Crippen molar-refractivity contribution in [1.82, 2.24) is 0 Å². The molecule has 0 radical (unpaired) electrons. The Balaban J connectivity index is 2.32. The summed E-state index contributed by atoms with van der Waals surface area (Å²) in [5.41, 5.74) is 11.2. The largest absolute Gasteiger partial charge is 0.397 e. The maximum Gasteiger partial charge on any atom is 0.0620 e. The number of aryl methyl sites for hydroxylation is 2. The lowest BCUT2D eigenvalue weighted by Crippen LogP contribution is -1.98. The highest BCUT2D eigenvalue weighted by Crippen LogP contribution is 2.26. The van der Waals surface area contributed by atoms with Crippen LogP contribution in [0.5, 0.6) is 0 Å². The molecule has 0 spiro atoms. The lowest BCUT2D eigenvalue weighted by molar-refractivity contribution is 1.34. The molecule has 0 aromatic heterocycles. The van der Waals surface area contributed by atoms with E-state index in [4.69, 9.17) is 5.73 Å². The fourth-order valence-corrected chi connectivity index (χ4v) is 1.62. The van der Waals surface area contributed by atoms with E-state index in [0.29, 0.717) is 0 Å². The summed E-state index contributed by atoms with van der Waals surface area (Å²) in [6, 6.07) is 14.1. The molecule has 2 aromatic rings. The van der Waals surface area contributed by atoms with Gasteiger partial charge in [-0.05, 0) is 49.2 Å². The summed E-state index contributed by atoms with van der Waals surface area (Å²) in [6.45, 7) is 4.16. The first-order chi connectivity index (χ1) is 7.66. The third-order valence-corrected chi connectivity index (χ3v) is 2.72. The van der Waals surface area contributed by atoms with E-state index in [0.717, 1.165) is 17.1 Å². The summed E-state index contributed by atoms with van der Waals surface area (Å²) in [5, 5.41) is 3.32. The van der Waals surface area contributed by atoms with Crippen LogP contribution in [-0.4, -0.2) is 0 Å². The number of nitrogens with one attached hydrogen (secondary N) is 1. The van der Waals surface area contributed by atoms with Crippen LogP contribution in [-0.2, 0) is 0 Å². The first-order valence-corrected chi connectivity index (χ1v) is 5.35. The fraction of sp³-hybridized carbons (Fsp3) is 0.143. The summed E-state index contributed by atoms with van der Waals surface area (Å²) in [6.07, 6.45) is 0. The first kappa shape index (κ1) is 10.6. The number of nitrogen functional groups attached to an aromatic ring is 1. The third kappa shape index (κ3) is 2.16. The SMILES string of the molecule is Cc1cc(N)c(Nc2ccccc2)cc1C. The van der Waals surface area contributed by atoms with Gasteiger partial charge in [-0.25, -0.2) is 0 Å². The van der Waals surface area contributed by atoms with Crippen molar-refractivity contribution in [3.8, 4) is 0 Å². The molecule has 0 aliphatic rings. The molecule has 0 saturated heterocycles. The summed E-state index contributed by atoms with van der Waals surface area (Å²) >= 11 is 0. The fourth-order valence-electron chi connectivity index (χ4n) is 1.62. The second-order valence-corrected chi connectivity index (χ2v) is 4.01. The molecule has 16 heavy (non-hydrogen) atoms. The van der Waals surface area contributed by atoms with Crippen LogP contribution >= 0.6 is 0 Å². The number of rotatable bonds is 2. The molecule has 3 N–H and O–H groups in total. The minimum atomic E-state index is 0.784. The molecule has 0 atom stereocenters. The van der Waals surface area contributed by atoms with Gasteiger partial charge in [-0.1, -0.05) is 18.2 Å². The number of anilines is 3. The number of para-hydroxylation sites is 1. The Morgan fingerprint density at radius 1 is 0.938 bits per heavy atom. The van der Waals surface area contributed by atoms with Crippen molar-refractivity contribution in [3.63, 3.8) is 0 Å². The van der Waals surface area contributed by atoms with E-state index >= 15 is 0 Å². The molecule has 0 amide bonds. The van der Waals surface area contributed by atoms with Crippen LogP contribution in [0.15, 0.2) is 42.5 Å². The Bertz CT molecular complexity index is 490. The lowest BCUT2D eigenvalue weighted by atomic mass is 10.1. The zero-order valence-corrected chi connectivity index (χ0v) is 9.62. The standard InChI is InChI=1S/C14H16N2/c1-10-8-13(15)14(9-11(10)2)16-12-6-4-3-5-7-12/h3-9,16H,15H2,1-2H3. The minimum Gasteiger partial charge on any atom is -0.397 e. The zero-order valence-electron chi connectivity index (χ0n) is 9.62. The van der Waals surface area contributed by atoms with Crippen LogP contribution in [0.1, 0.15) is 11.1 Å². The average molecular weight is 212 g/mol. The minimum absolute atomic E-state index is 0.784. The zero-order chi connectivity index (χ0) is 11.5. The van der Waals surface area contributed by atoms with Crippen molar-refractivity contribution in [2.24, 2.45) is 0 Å². The van der Waals surface area contributed by atoms with Gasteiger partial charge in [-0.2, -0.15) is 0 Å². The molecule has 0 unspecified atom stereocenters. The second-order valence-electron chi connectivity index (χ2n) is 4.01. The predicted molar refractivity (Wildman–Crippen MR) is 70.1 cm³/mol. The van der Waals surface area contributed by atoms with Crippen molar-refractivity contribution in [2.75, 3.05) is 11.1 Å². The van der Waals surface area contributed by atoms with Gasteiger partial charge >= 0.3 is 0 Å². The smallest absolute Gasteiger partial charge is 0.0620 e. The Morgan fingerprint density at radius 3 is 2.25 bits per heavy atom. The van der Waals surface area contributed by atoms with Crippen LogP contribution in [0.2, 0.25) is 0 Å². The monoisotopic (exact) mass is 212 g/mol. The van der Waals surface area contributed by atoms with Gasteiger partial charge in [0.15, 0.2) is 0 Å². The molecule has 2 aromatic carbocycles. The van der Waals surface area contributed by atoms with Crippen molar-refractivity contribution < 1.29 is 0 Å². The van der Waals surface area contributed by atoms with E-state index in [1.807, 2.05) is 36.4 Å². The summed E-state index contributed by atoms with van der Waals surface area (Å²) in [7, 11) is 0. The van der Waals surface area contributed by atoms with Crippen LogP contribution < -0.4 is 11.1 Å². The Kier molecular flexibility index (Phi) is 2.82. The van der Waals surface area contributed by atoms with E-state index in [1.165, 1.54) is 11.1 Å². The van der Waals surface area contributed by atoms with Crippen molar-refractivity contribution in [3.05, 3.63) is 53.6 Å². The quantitative estimate of drug-likeness (QED) is 0.746. The molecule has 2 heteroatoms. The van der Waals surface area contributed by atoms with Gasteiger partial charge in [0.1, 0.15) is 0 Å². The molecule has 0 bridgehead atoms. The number of nitrogens with two attached hydrogens (primary N) is 1. The van der Waals surface area contributed by atoms with Gasteiger partial charge in [-0.3, -0.25) is 0 Å². The van der Waals surface area contributed by atoms with Gasteiger partial charge in [0, 0.05) is 5.69 Å². The van der Waals surface area contributed by atoms with E-state index in [2.05, 4.69) is 25.2 Å². The Hall–Kier alpha value is -1.96. The van der Waals surface area contributed by atoms with Gasteiger partial charge in [0.25, 0.3) is 0 Å². The predicted octanol–water partition coefficient (Wildman–Crippen LogP) is 3.63. The number of hydrogen-bond acceptors (Lipinski definition) is 2. The van der Waals surface area contributed by atoms with E-state index in [1.54, 1.807) is 0 Å². The highest BCUT2D eigenvalue weighted by molar-refractivity contribution is 5.74. The third-order valence-electron chi connectivity index (χ3n) is 2.72. The van der Waals surface area contributed by atoms with Gasteiger partial charge < -0.3 is 11.1 Å². The molecular weight excluding hydrogens is 196 g/mol. The average Bonchev–Trinajstić information content (AvgIpc) is 2.27. The summed E-state index contributed by atoms with van der Waals surface area (Å²) < 4.78 is 0. The lowest BCUT2D eigenvalue weighted by Gasteiger charge is -2.11. The van der Waals surface area contributed by atoms with Crippen LogP contribution in [0.4, 0.5) is 17.1 Å². The van der Waals surface area contributed by atoms with Crippen LogP contribution in [0, 0.1) is 13.8 Å². The molecule has 0 aliphatic heterocycles. The molecule has 0 saturated carbocycles.